The Morgan fingerprint density at radius 2 is 2.10 bits per heavy atom. The second-order valence-corrected chi connectivity index (χ2v) is 6.03. The van der Waals surface area contributed by atoms with E-state index in [-0.39, 0.29) is 11.8 Å². The van der Waals surface area contributed by atoms with Crippen molar-refractivity contribution >= 4 is 29.0 Å². The van der Waals surface area contributed by atoms with Crippen molar-refractivity contribution in [3.63, 3.8) is 0 Å². The van der Waals surface area contributed by atoms with E-state index in [1.54, 1.807) is 17.8 Å². The molecule has 0 aromatic heterocycles. The Morgan fingerprint density at radius 3 is 2.90 bits per heavy atom. The molecule has 3 N–H and O–H groups in total. The van der Waals surface area contributed by atoms with E-state index in [0.29, 0.717) is 5.69 Å². The average Bonchev–Trinajstić information content (AvgIpc) is 2.86. The lowest BCUT2D eigenvalue weighted by molar-refractivity contribution is -0.117. The quantitative estimate of drug-likeness (QED) is 0.831. The molecule has 4 heteroatoms. The highest BCUT2D eigenvalue weighted by Gasteiger charge is 2.29. The number of carbonyl (C=O) groups excluding carboxylic acids is 1. The topological polar surface area (TPSA) is 55.1 Å². The summed E-state index contributed by atoms with van der Waals surface area (Å²) in [5, 5.41) is 3.01. The molecule has 102 valence electrons. The van der Waals surface area contributed by atoms with Gasteiger partial charge in [-0.3, -0.25) is 4.79 Å². The van der Waals surface area contributed by atoms with Gasteiger partial charge in [0, 0.05) is 22.0 Å². The highest BCUT2D eigenvalue weighted by molar-refractivity contribution is 7.99. The summed E-state index contributed by atoms with van der Waals surface area (Å²) in [5.74, 6) is 0.780. The number of nitrogens with two attached hydrogens (primary N) is 1. The molecule has 0 saturated heterocycles. The van der Waals surface area contributed by atoms with Crippen molar-refractivity contribution in [2.24, 2.45) is 0 Å². The molecule has 1 unspecified atom stereocenters. The number of hydrogen-bond acceptors (Lipinski definition) is 3. The number of nitrogen functional groups attached to an aromatic ring is 1. The third-order valence-corrected chi connectivity index (χ3v) is 4.71. The molecule has 0 fully saturated rings. The van der Waals surface area contributed by atoms with Gasteiger partial charge < -0.3 is 11.1 Å². The smallest absolute Gasteiger partial charge is 0.232 e. The predicted octanol–water partition coefficient (Wildman–Crippen LogP) is 3.41. The van der Waals surface area contributed by atoms with Crippen molar-refractivity contribution in [2.75, 3.05) is 16.8 Å². The van der Waals surface area contributed by atoms with Crippen LogP contribution in [-0.2, 0) is 4.79 Å². The van der Waals surface area contributed by atoms with Crippen LogP contribution in [0, 0.1) is 6.92 Å². The first-order chi connectivity index (χ1) is 9.65. The fourth-order valence-corrected chi connectivity index (χ4v) is 3.66. The summed E-state index contributed by atoms with van der Waals surface area (Å²) >= 11 is 1.74. The minimum Gasteiger partial charge on any atom is -0.399 e. The Hall–Kier alpha value is -1.94. The predicted molar refractivity (Wildman–Crippen MR) is 84.1 cm³/mol. The van der Waals surface area contributed by atoms with Crippen molar-refractivity contribution in [2.45, 2.75) is 17.7 Å². The van der Waals surface area contributed by atoms with E-state index in [9.17, 15) is 4.79 Å². The van der Waals surface area contributed by atoms with Gasteiger partial charge >= 0.3 is 0 Å². The van der Waals surface area contributed by atoms with Crippen LogP contribution in [0.25, 0.3) is 0 Å². The number of benzene rings is 2. The van der Waals surface area contributed by atoms with Gasteiger partial charge in [0.05, 0.1) is 5.92 Å². The summed E-state index contributed by atoms with van der Waals surface area (Å²) in [7, 11) is 0. The van der Waals surface area contributed by atoms with Crippen LogP contribution in [0.1, 0.15) is 17.0 Å². The fourth-order valence-electron chi connectivity index (χ4n) is 2.43. The SMILES string of the molecule is Cc1cc(N)ccc1NC(=O)C1CSc2ccccc21. The van der Waals surface area contributed by atoms with Crippen LogP contribution in [0.3, 0.4) is 0 Å². The minimum absolute atomic E-state index is 0.0512. The molecule has 1 aliphatic heterocycles. The van der Waals surface area contributed by atoms with E-state index in [1.807, 2.05) is 37.3 Å². The van der Waals surface area contributed by atoms with Gasteiger partial charge in [-0.05, 0) is 42.3 Å². The molecule has 20 heavy (non-hydrogen) atoms. The lowest BCUT2D eigenvalue weighted by Crippen LogP contribution is -2.21. The second kappa shape index (κ2) is 5.21. The maximum atomic E-state index is 12.5. The van der Waals surface area contributed by atoms with E-state index in [2.05, 4.69) is 11.4 Å². The number of fused-ring (bicyclic) bond motifs is 1. The van der Waals surface area contributed by atoms with Crippen molar-refractivity contribution in [3.05, 3.63) is 53.6 Å². The van der Waals surface area contributed by atoms with Crippen molar-refractivity contribution in [1.29, 1.82) is 0 Å². The number of thioether (sulfide) groups is 1. The monoisotopic (exact) mass is 284 g/mol. The molecule has 2 aromatic carbocycles. The maximum absolute atomic E-state index is 12.5. The van der Waals surface area contributed by atoms with E-state index in [1.165, 1.54) is 4.90 Å². The van der Waals surface area contributed by atoms with Gasteiger partial charge in [-0.15, -0.1) is 11.8 Å². The number of hydrogen-bond donors (Lipinski definition) is 2. The van der Waals surface area contributed by atoms with Crippen molar-refractivity contribution in [3.8, 4) is 0 Å². The molecular formula is C16H16N2OS. The van der Waals surface area contributed by atoms with Crippen LogP contribution in [0.5, 0.6) is 0 Å². The largest absolute Gasteiger partial charge is 0.399 e. The molecular weight excluding hydrogens is 268 g/mol. The van der Waals surface area contributed by atoms with Crippen molar-refractivity contribution in [1.82, 2.24) is 0 Å². The number of amides is 1. The Labute approximate surface area is 122 Å². The number of anilines is 2. The van der Waals surface area contributed by atoms with Crippen LogP contribution >= 0.6 is 11.8 Å². The standard InChI is InChI=1S/C16H16N2OS/c1-10-8-11(17)6-7-14(10)18-16(19)13-9-20-15-5-3-2-4-12(13)15/h2-8,13H,9,17H2,1H3,(H,18,19). The van der Waals surface area contributed by atoms with Gasteiger partial charge in [-0.25, -0.2) is 0 Å². The van der Waals surface area contributed by atoms with Gasteiger partial charge in [0.1, 0.15) is 0 Å². The molecule has 3 nitrogen and oxygen atoms in total. The maximum Gasteiger partial charge on any atom is 0.232 e. The van der Waals surface area contributed by atoms with Crippen LogP contribution in [-0.4, -0.2) is 11.7 Å². The zero-order valence-electron chi connectivity index (χ0n) is 11.2. The summed E-state index contributed by atoms with van der Waals surface area (Å²) in [6.45, 7) is 1.95. The molecule has 1 aliphatic rings. The summed E-state index contributed by atoms with van der Waals surface area (Å²) in [6, 6.07) is 13.6. The zero-order valence-corrected chi connectivity index (χ0v) is 12.0. The second-order valence-electron chi connectivity index (χ2n) is 4.97. The zero-order chi connectivity index (χ0) is 14.1. The van der Waals surface area contributed by atoms with Gasteiger partial charge in [0.25, 0.3) is 0 Å². The lowest BCUT2D eigenvalue weighted by Gasteiger charge is -2.13. The minimum atomic E-state index is -0.0758. The molecule has 2 aromatic rings. The summed E-state index contributed by atoms with van der Waals surface area (Å²) in [6.07, 6.45) is 0. The van der Waals surface area contributed by atoms with Gasteiger partial charge in [0.2, 0.25) is 5.91 Å². The van der Waals surface area contributed by atoms with Crippen molar-refractivity contribution < 1.29 is 4.79 Å². The molecule has 0 radical (unpaired) electrons. The first-order valence-corrected chi connectivity index (χ1v) is 7.52. The van der Waals surface area contributed by atoms with E-state index >= 15 is 0 Å². The van der Waals surface area contributed by atoms with Crippen LogP contribution in [0.2, 0.25) is 0 Å². The lowest BCUT2D eigenvalue weighted by atomic mass is 10.0. The van der Waals surface area contributed by atoms with E-state index in [0.717, 1.165) is 22.6 Å². The molecule has 0 aliphatic carbocycles. The average molecular weight is 284 g/mol. The van der Waals surface area contributed by atoms with Gasteiger partial charge in [-0.2, -0.15) is 0 Å². The molecule has 1 heterocycles. The highest BCUT2D eigenvalue weighted by atomic mass is 32.2. The molecule has 1 amide bonds. The van der Waals surface area contributed by atoms with E-state index in [4.69, 9.17) is 5.73 Å². The summed E-state index contributed by atoms with van der Waals surface area (Å²) in [4.78, 5) is 13.7. The normalized spacial score (nSPS) is 16.8. The van der Waals surface area contributed by atoms with Crippen LogP contribution < -0.4 is 11.1 Å². The van der Waals surface area contributed by atoms with Crippen LogP contribution in [0.4, 0.5) is 11.4 Å². The Balaban J connectivity index is 1.81. The van der Waals surface area contributed by atoms with Crippen LogP contribution in [0.15, 0.2) is 47.4 Å². The molecule has 0 spiro atoms. The first kappa shape index (κ1) is 13.1. The number of nitrogens with one attached hydrogen (secondary N) is 1. The molecule has 3 rings (SSSR count). The highest BCUT2D eigenvalue weighted by Crippen LogP contribution is 2.39. The summed E-state index contributed by atoms with van der Waals surface area (Å²) < 4.78 is 0. The third kappa shape index (κ3) is 2.39. The molecule has 0 bridgehead atoms. The fraction of sp³-hybridized carbons (Fsp3) is 0.188. The number of carbonyl (C=O) groups is 1. The first-order valence-electron chi connectivity index (χ1n) is 6.54. The number of aryl methyl sites for hydroxylation is 1. The Morgan fingerprint density at radius 1 is 1.30 bits per heavy atom. The third-order valence-electron chi connectivity index (χ3n) is 3.52. The van der Waals surface area contributed by atoms with Gasteiger partial charge in [-0.1, -0.05) is 18.2 Å². The Bertz CT molecular complexity index is 669. The molecule has 1 atom stereocenters. The molecule has 0 saturated carbocycles. The Kier molecular flexibility index (Phi) is 3.40. The number of rotatable bonds is 2. The summed E-state index contributed by atoms with van der Waals surface area (Å²) in [5.41, 5.74) is 9.38. The van der Waals surface area contributed by atoms with E-state index < -0.39 is 0 Å². The van der Waals surface area contributed by atoms with Gasteiger partial charge in [0.15, 0.2) is 0 Å².